The number of aliphatic hydroxyl groups is 1. The van der Waals surface area contributed by atoms with Crippen LogP contribution in [-0.2, 0) is 0 Å². The molecule has 1 atom stereocenters. The summed E-state index contributed by atoms with van der Waals surface area (Å²) in [5, 5.41) is 12.4. The van der Waals surface area contributed by atoms with Crippen LogP contribution in [0.5, 0.6) is 0 Å². The van der Waals surface area contributed by atoms with Gasteiger partial charge in [0.2, 0.25) is 0 Å². The highest BCUT2D eigenvalue weighted by molar-refractivity contribution is 4.82. The van der Waals surface area contributed by atoms with E-state index in [9.17, 15) is 0 Å². The van der Waals surface area contributed by atoms with Gasteiger partial charge < -0.3 is 10.4 Å². The molecule has 1 unspecified atom stereocenters. The zero-order chi connectivity index (χ0) is 9.68. The minimum absolute atomic E-state index is 0.335. The summed E-state index contributed by atoms with van der Waals surface area (Å²) in [5.41, 5.74) is 0. The SMILES string of the molecule is CCC(CCO)CNC1CC(C)C1. The Labute approximate surface area is 81.7 Å². The van der Waals surface area contributed by atoms with Crippen molar-refractivity contribution in [2.75, 3.05) is 13.2 Å². The maximum absolute atomic E-state index is 8.82. The summed E-state index contributed by atoms with van der Waals surface area (Å²) in [6, 6.07) is 0.766. The predicted molar refractivity (Wildman–Crippen MR) is 55.7 cm³/mol. The average Bonchev–Trinajstić information content (AvgIpc) is 2.08. The smallest absolute Gasteiger partial charge is 0.0434 e. The molecule has 2 heteroatoms. The van der Waals surface area contributed by atoms with Gasteiger partial charge in [-0.15, -0.1) is 0 Å². The summed E-state index contributed by atoms with van der Waals surface area (Å²) in [4.78, 5) is 0. The normalized spacial score (nSPS) is 29.8. The third-order valence-electron chi connectivity index (χ3n) is 3.18. The van der Waals surface area contributed by atoms with Crippen molar-refractivity contribution in [2.24, 2.45) is 11.8 Å². The van der Waals surface area contributed by atoms with Gasteiger partial charge in [0, 0.05) is 12.6 Å². The molecule has 1 aliphatic rings. The van der Waals surface area contributed by atoms with Crippen LogP contribution in [0, 0.1) is 11.8 Å². The molecule has 1 fully saturated rings. The fraction of sp³-hybridized carbons (Fsp3) is 1.00. The quantitative estimate of drug-likeness (QED) is 0.661. The van der Waals surface area contributed by atoms with Crippen LogP contribution >= 0.6 is 0 Å². The van der Waals surface area contributed by atoms with Crippen molar-refractivity contribution in [3.05, 3.63) is 0 Å². The molecule has 0 aliphatic heterocycles. The number of hydrogen-bond acceptors (Lipinski definition) is 2. The zero-order valence-electron chi connectivity index (χ0n) is 8.92. The van der Waals surface area contributed by atoms with Crippen LogP contribution in [0.3, 0.4) is 0 Å². The number of nitrogens with one attached hydrogen (secondary N) is 1. The number of hydrogen-bond donors (Lipinski definition) is 2. The predicted octanol–water partition coefficient (Wildman–Crippen LogP) is 1.78. The molecule has 78 valence electrons. The molecule has 0 bridgehead atoms. The highest BCUT2D eigenvalue weighted by atomic mass is 16.3. The molecule has 0 heterocycles. The molecule has 1 saturated carbocycles. The lowest BCUT2D eigenvalue weighted by molar-refractivity contribution is 0.212. The van der Waals surface area contributed by atoms with Crippen LogP contribution in [0.1, 0.15) is 39.5 Å². The third kappa shape index (κ3) is 3.65. The van der Waals surface area contributed by atoms with Gasteiger partial charge in [0.15, 0.2) is 0 Å². The molecule has 1 aliphatic carbocycles. The van der Waals surface area contributed by atoms with Crippen LogP contribution in [0.25, 0.3) is 0 Å². The van der Waals surface area contributed by atoms with Gasteiger partial charge in [0.05, 0.1) is 0 Å². The molecule has 0 amide bonds. The monoisotopic (exact) mass is 185 g/mol. The van der Waals surface area contributed by atoms with Crippen molar-refractivity contribution in [1.29, 1.82) is 0 Å². The second-order valence-corrected chi connectivity index (χ2v) is 4.47. The maximum Gasteiger partial charge on any atom is 0.0434 e. The van der Waals surface area contributed by atoms with Crippen molar-refractivity contribution in [3.8, 4) is 0 Å². The van der Waals surface area contributed by atoms with Gasteiger partial charge in [-0.05, 0) is 37.6 Å². The Morgan fingerprint density at radius 3 is 2.62 bits per heavy atom. The summed E-state index contributed by atoms with van der Waals surface area (Å²) in [6.45, 7) is 5.93. The molecule has 0 aromatic heterocycles. The molecule has 0 spiro atoms. The molecule has 0 saturated heterocycles. The van der Waals surface area contributed by atoms with Gasteiger partial charge in [-0.2, -0.15) is 0 Å². The van der Waals surface area contributed by atoms with E-state index in [1.165, 1.54) is 19.3 Å². The Balaban J connectivity index is 2.02. The van der Waals surface area contributed by atoms with Crippen molar-refractivity contribution >= 4 is 0 Å². The van der Waals surface area contributed by atoms with Gasteiger partial charge in [-0.25, -0.2) is 0 Å². The molecule has 1 rings (SSSR count). The minimum Gasteiger partial charge on any atom is -0.396 e. The lowest BCUT2D eigenvalue weighted by Gasteiger charge is -2.34. The summed E-state index contributed by atoms with van der Waals surface area (Å²) in [7, 11) is 0. The van der Waals surface area contributed by atoms with Crippen LogP contribution in [0.4, 0.5) is 0 Å². The van der Waals surface area contributed by atoms with E-state index < -0.39 is 0 Å². The van der Waals surface area contributed by atoms with E-state index in [4.69, 9.17) is 5.11 Å². The van der Waals surface area contributed by atoms with E-state index in [0.29, 0.717) is 12.5 Å². The van der Waals surface area contributed by atoms with Crippen molar-refractivity contribution in [1.82, 2.24) is 5.32 Å². The number of rotatable bonds is 6. The lowest BCUT2D eigenvalue weighted by Crippen LogP contribution is -2.42. The first-order valence-electron chi connectivity index (χ1n) is 5.60. The lowest BCUT2D eigenvalue weighted by atomic mass is 9.81. The molecule has 0 radical (unpaired) electrons. The first kappa shape index (κ1) is 11.0. The fourth-order valence-electron chi connectivity index (χ4n) is 2.04. The Kier molecular flexibility index (Phi) is 4.74. The van der Waals surface area contributed by atoms with E-state index in [2.05, 4.69) is 19.2 Å². The first-order chi connectivity index (χ1) is 6.26. The Bertz CT molecular complexity index is 132. The van der Waals surface area contributed by atoms with E-state index in [1.54, 1.807) is 0 Å². The van der Waals surface area contributed by atoms with Crippen molar-refractivity contribution in [2.45, 2.75) is 45.6 Å². The fourth-order valence-corrected chi connectivity index (χ4v) is 2.04. The maximum atomic E-state index is 8.82. The van der Waals surface area contributed by atoms with Crippen molar-refractivity contribution < 1.29 is 5.11 Å². The van der Waals surface area contributed by atoms with E-state index in [-0.39, 0.29) is 0 Å². The third-order valence-corrected chi connectivity index (χ3v) is 3.18. The van der Waals surface area contributed by atoms with Gasteiger partial charge >= 0.3 is 0 Å². The van der Waals surface area contributed by atoms with E-state index in [0.717, 1.165) is 24.9 Å². The van der Waals surface area contributed by atoms with Gasteiger partial charge in [-0.1, -0.05) is 20.3 Å². The molecule has 2 nitrogen and oxygen atoms in total. The first-order valence-corrected chi connectivity index (χ1v) is 5.60. The van der Waals surface area contributed by atoms with Gasteiger partial charge in [0.1, 0.15) is 0 Å². The van der Waals surface area contributed by atoms with Crippen molar-refractivity contribution in [3.63, 3.8) is 0 Å². The summed E-state index contributed by atoms with van der Waals surface area (Å²) >= 11 is 0. The minimum atomic E-state index is 0.335. The number of aliphatic hydroxyl groups excluding tert-OH is 1. The average molecular weight is 185 g/mol. The summed E-state index contributed by atoms with van der Waals surface area (Å²) < 4.78 is 0. The summed E-state index contributed by atoms with van der Waals surface area (Å²) in [6.07, 6.45) is 4.81. The molecule has 0 aromatic rings. The Hall–Kier alpha value is -0.0800. The Morgan fingerprint density at radius 1 is 1.46 bits per heavy atom. The largest absolute Gasteiger partial charge is 0.396 e. The van der Waals surface area contributed by atoms with Gasteiger partial charge in [0.25, 0.3) is 0 Å². The second-order valence-electron chi connectivity index (χ2n) is 4.47. The molecular formula is C11H23NO. The Morgan fingerprint density at radius 2 is 2.15 bits per heavy atom. The molecular weight excluding hydrogens is 162 g/mol. The van der Waals surface area contributed by atoms with Gasteiger partial charge in [-0.3, -0.25) is 0 Å². The molecule has 13 heavy (non-hydrogen) atoms. The topological polar surface area (TPSA) is 32.3 Å². The van der Waals surface area contributed by atoms with Crippen LogP contribution in [0.15, 0.2) is 0 Å². The van der Waals surface area contributed by atoms with Crippen LogP contribution in [0.2, 0.25) is 0 Å². The second kappa shape index (κ2) is 5.61. The molecule has 2 N–H and O–H groups in total. The van der Waals surface area contributed by atoms with E-state index in [1.807, 2.05) is 0 Å². The summed E-state index contributed by atoms with van der Waals surface area (Å²) in [5.74, 6) is 1.59. The zero-order valence-corrected chi connectivity index (χ0v) is 8.92. The highest BCUT2D eigenvalue weighted by Gasteiger charge is 2.24. The van der Waals surface area contributed by atoms with Crippen LogP contribution in [-0.4, -0.2) is 24.3 Å². The standard InChI is InChI=1S/C11H23NO/c1-3-10(4-5-13)8-12-11-6-9(2)7-11/h9-13H,3-8H2,1-2H3. The van der Waals surface area contributed by atoms with E-state index >= 15 is 0 Å². The highest BCUT2D eigenvalue weighted by Crippen LogP contribution is 2.26. The molecule has 0 aromatic carbocycles. The van der Waals surface area contributed by atoms with Crippen LogP contribution < -0.4 is 5.32 Å².